The predicted octanol–water partition coefficient (Wildman–Crippen LogP) is 5.66. The molecule has 46 heavy (non-hydrogen) atoms. The first-order valence-corrected chi connectivity index (χ1v) is 16.8. The molecule has 0 saturated carbocycles. The molecule has 0 atom stereocenters. The molecule has 0 unspecified atom stereocenters. The maximum Gasteiger partial charge on any atom is 0.295 e. The van der Waals surface area contributed by atoms with Crippen LogP contribution < -0.4 is 5.32 Å². The number of phenolic OH excluding ortho intramolecular Hbond substituents is 1. The van der Waals surface area contributed by atoms with E-state index in [9.17, 15) is 31.3 Å². The molecule has 5 N–H and O–H groups in total. The molecule has 0 aliphatic carbocycles. The number of rotatable bonds is 15. The van der Waals surface area contributed by atoms with Gasteiger partial charge < -0.3 is 10.4 Å². The average Bonchev–Trinajstić information content (AvgIpc) is 3.03. The van der Waals surface area contributed by atoms with Crippen LogP contribution in [0.1, 0.15) is 10.4 Å². The van der Waals surface area contributed by atoms with Gasteiger partial charge in [-0.05, 0) is 54.6 Å². The van der Waals surface area contributed by atoms with Crippen LogP contribution in [0.5, 0.6) is 5.75 Å². The standard InChI is InChI=1S/C25H21N3O14S4/c29-24-22-18(21(46(35,36)37)11-10-19(22)26-25(30)15-4-2-1-3-5-15)14-20(43-41-39-31)23(24)28-27-16-6-8-17(9-7-16)45(33,34)13-12-38-44-42-40-32/h1-11,14,29,31-32H,12-13H2,(H,26,30)(H,35,36,37)/b28-27+. The molecule has 0 aliphatic rings. The Morgan fingerprint density at radius 2 is 1.59 bits per heavy atom. The number of carbonyl (C=O) groups excluding carboxylic acids is 1. The van der Waals surface area contributed by atoms with Gasteiger partial charge in [0.2, 0.25) is 0 Å². The smallest absolute Gasteiger partial charge is 0.295 e. The monoisotopic (exact) mass is 715 g/mol. The van der Waals surface area contributed by atoms with Gasteiger partial charge in [-0.15, -0.1) is 13.8 Å². The lowest BCUT2D eigenvalue weighted by Gasteiger charge is -2.15. The SMILES string of the molecule is O=C(Nc1ccc(S(=O)(=O)O)c2cc(SOOO)c(/N=N/c3ccc(S(=O)(=O)CCOSOOO)cc3)c(O)c12)c1ccccc1. The minimum atomic E-state index is -4.86. The number of sulfone groups is 1. The molecule has 0 saturated heterocycles. The number of hydrogen-bond acceptors (Lipinski definition) is 17. The fourth-order valence-electron chi connectivity index (χ4n) is 3.91. The van der Waals surface area contributed by atoms with E-state index in [1.165, 1.54) is 36.4 Å². The second-order valence-electron chi connectivity index (χ2n) is 8.67. The van der Waals surface area contributed by atoms with E-state index in [-0.39, 0.29) is 62.1 Å². The number of phenols is 1. The van der Waals surface area contributed by atoms with Crippen molar-refractivity contribution in [2.24, 2.45) is 10.2 Å². The lowest BCUT2D eigenvalue weighted by atomic mass is 10.1. The van der Waals surface area contributed by atoms with E-state index in [0.717, 1.165) is 18.2 Å². The van der Waals surface area contributed by atoms with Gasteiger partial charge in [0.1, 0.15) is 10.6 Å². The van der Waals surface area contributed by atoms with Crippen molar-refractivity contribution in [2.45, 2.75) is 14.7 Å². The van der Waals surface area contributed by atoms with Gasteiger partial charge in [0, 0.05) is 10.9 Å². The van der Waals surface area contributed by atoms with Crippen molar-refractivity contribution in [3.63, 3.8) is 0 Å². The second kappa shape index (κ2) is 15.7. The molecule has 0 fully saturated rings. The number of nitrogens with zero attached hydrogens (tertiary/aromatic N) is 2. The zero-order valence-electron chi connectivity index (χ0n) is 22.7. The van der Waals surface area contributed by atoms with E-state index in [2.05, 4.69) is 34.3 Å². The van der Waals surface area contributed by atoms with Crippen molar-refractivity contribution >= 4 is 78.1 Å². The lowest BCUT2D eigenvalue weighted by Crippen LogP contribution is -2.12. The number of fused-ring (bicyclic) bond motifs is 1. The van der Waals surface area contributed by atoms with Crippen LogP contribution in [-0.4, -0.2) is 55.3 Å². The zero-order valence-corrected chi connectivity index (χ0v) is 26.0. The highest BCUT2D eigenvalue weighted by molar-refractivity contribution is 7.94. The van der Waals surface area contributed by atoms with Crippen LogP contribution in [0.4, 0.5) is 17.1 Å². The Hall–Kier alpha value is -3.71. The number of azo groups is 1. The molecule has 0 aliphatic heterocycles. The van der Waals surface area contributed by atoms with Crippen molar-refractivity contribution < 1.29 is 64.7 Å². The highest BCUT2D eigenvalue weighted by Crippen LogP contribution is 2.48. The third-order valence-electron chi connectivity index (χ3n) is 5.89. The van der Waals surface area contributed by atoms with E-state index in [4.69, 9.17) is 14.7 Å². The molecule has 4 aromatic carbocycles. The van der Waals surface area contributed by atoms with E-state index in [0.29, 0.717) is 12.0 Å². The van der Waals surface area contributed by atoms with Crippen molar-refractivity contribution in [3.05, 3.63) is 78.4 Å². The molecule has 4 aromatic rings. The zero-order chi connectivity index (χ0) is 33.3. The van der Waals surface area contributed by atoms with Gasteiger partial charge in [-0.25, -0.2) is 18.9 Å². The summed E-state index contributed by atoms with van der Waals surface area (Å²) in [7, 11) is -8.67. The van der Waals surface area contributed by atoms with Gasteiger partial charge in [-0.2, -0.15) is 13.5 Å². The fourth-order valence-corrected chi connectivity index (χ4v) is 6.49. The van der Waals surface area contributed by atoms with Crippen LogP contribution in [0.15, 0.2) is 97.7 Å². The Bertz CT molecular complexity index is 1940. The first-order chi connectivity index (χ1) is 22.0. The van der Waals surface area contributed by atoms with Crippen molar-refractivity contribution in [3.8, 4) is 5.75 Å². The van der Waals surface area contributed by atoms with Crippen LogP contribution in [0.25, 0.3) is 10.8 Å². The summed E-state index contributed by atoms with van der Waals surface area (Å²) >= 11 is 0.521. The number of anilines is 1. The largest absolute Gasteiger partial charge is 0.505 e. The molecule has 4 rings (SSSR count). The number of carbonyl (C=O) groups is 1. The van der Waals surface area contributed by atoms with Gasteiger partial charge in [-0.1, -0.05) is 28.3 Å². The molecular formula is C25H21N3O14S4. The van der Waals surface area contributed by atoms with Crippen LogP contribution in [0.3, 0.4) is 0 Å². The van der Waals surface area contributed by atoms with Crippen molar-refractivity contribution in [1.29, 1.82) is 0 Å². The molecule has 0 bridgehead atoms. The van der Waals surface area contributed by atoms with E-state index >= 15 is 0 Å². The highest BCUT2D eigenvalue weighted by atomic mass is 32.2. The predicted molar refractivity (Wildman–Crippen MR) is 161 cm³/mol. The summed E-state index contributed by atoms with van der Waals surface area (Å²) in [6.45, 7) is -0.299. The van der Waals surface area contributed by atoms with E-state index in [1.807, 2.05) is 0 Å². The third-order valence-corrected chi connectivity index (χ3v) is 9.50. The van der Waals surface area contributed by atoms with E-state index < -0.39 is 42.3 Å². The maximum atomic E-state index is 12.9. The minimum Gasteiger partial charge on any atom is -0.505 e. The van der Waals surface area contributed by atoms with Gasteiger partial charge in [0.25, 0.3) is 16.0 Å². The third kappa shape index (κ3) is 8.75. The van der Waals surface area contributed by atoms with Gasteiger partial charge in [-0.3, -0.25) is 13.5 Å². The van der Waals surface area contributed by atoms with Crippen molar-refractivity contribution in [2.75, 3.05) is 17.7 Å². The van der Waals surface area contributed by atoms with Crippen LogP contribution in [-0.2, 0) is 42.9 Å². The molecule has 0 heterocycles. The summed E-state index contributed by atoms with van der Waals surface area (Å²) < 4.78 is 72.6. The summed E-state index contributed by atoms with van der Waals surface area (Å²) in [4.78, 5) is 12.0. The molecule has 0 aromatic heterocycles. The molecule has 21 heteroatoms. The average molecular weight is 716 g/mol. The number of benzene rings is 4. The first kappa shape index (κ1) is 35.1. The topological polar surface area (TPSA) is 249 Å². The summed E-state index contributed by atoms with van der Waals surface area (Å²) in [6, 6.07) is 16.4. The summed E-state index contributed by atoms with van der Waals surface area (Å²) in [6.07, 6.45) is 0. The Labute approximate surface area is 268 Å². The molecule has 0 radical (unpaired) electrons. The summed E-state index contributed by atoms with van der Waals surface area (Å²) in [5, 5.41) is 45.2. The number of aromatic hydroxyl groups is 1. The highest BCUT2D eigenvalue weighted by Gasteiger charge is 2.24. The van der Waals surface area contributed by atoms with Gasteiger partial charge in [0.05, 0.1) is 51.0 Å². The molecule has 0 spiro atoms. The Morgan fingerprint density at radius 3 is 2.24 bits per heavy atom. The van der Waals surface area contributed by atoms with Gasteiger partial charge >= 0.3 is 0 Å². The Balaban J connectivity index is 1.74. The van der Waals surface area contributed by atoms with Crippen LogP contribution in [0.2, 0.25) is 0 Å². The maximum absolute atomic E-state index is 12.9. The Morgan fingerprint density at radius 1 is 0.891 bits per heavy atom. The lowest BCUT2D eigenvalue weighted by molar-refractivity contribution is -0.434. The Kier molecular flexibility index (Phi) is 12.0. The number of hydrogen-bond donors (Lipinski definition) is 5. The molecule has 244 valence electrons. The minimum absolute atomic E-state index is 0.0616. The molecular weight excluding hydrogens is 695 g/mol. The quantitative estimate of drug-likeness (QED) is 0.0248. The van der Waals surface area contributed by atoms with Crippen LogP contribution >= 0.6 is 24.4 Å². The number of nitrogens with one attached hydrogen (secondary N) is 1. The fraction of sp³-hybridized carbons (Fsp3) is 0.0800. The number of amides is 1. The summed E-state index contributed by atoms with van der Waals surface area (Å²) in [5.41, 5.74) is -0.0544. The first-order valence-electron chi connectivity index (χ1n) is 12.3. The second-order valence-corrected chi connectivity index (χ2v) is 13.4. The van der Waals surface area contributed by atoms with E-state index in [1.54, 1.807) is 18.2 Å². The summed E-state index contributed by atoms with van der Waals surface area (Å²) in [5.74, 6) is -1.76. The van der Waals surface area contributed by atoms with Crippen LogP contribution in [0, 0.1) is 0 Å². The molecule has 17 nitrogen and oxygen atoms in total. The van der Waals surface area contributed by atoms with Gasteiger partial charge in [0.15, 0.2) is 27.9 Å². The molecule has 1 amide bonds. The van der Waals surface area contributed by atoms with Crippen molar-refractivity contribution in [1.82, 2.24) is 0 Å². The normalized spacial score (nSPS) is 12.2.